The van der Waals surface area contributed by atoms with Gasteiger partial charge in [0, 0.05) is 0 Å². The summed E-state index contributed by atoms with van der Waals surface area (Å²) in [5, 5.41) is 0. The zero-order valence-electron chi connectivity index (χ0n) is 11.9. The zero-order valence-corrected chi connectivity index (χ0v) is 11.9. The average Bonchev–Trinajstić information content (AvgIpc) is 2.88. The first-order valence-corrected chi connectivity index (χ1v) is 7.32. The van der Waals surface area contributed by atoms with E-state index in [-0.39, 0.29) is 0 Å². The van der Waals surface area contributed by atoms with E-state index >= 15 is 0 Å². The van der Waals surface area contributed by atoms with Crippen molar-refractivity contribution in [2.45, 2.75) is 13.3 Å². The number of rotatable bonds is 3. The number of hydrogen-bond acceptors (Lipinski definition) is 0. The molecule has 20 heavy (non-hydrogen) atoms. The molecule has 0 radical (unpaired) electrons. The summed E-state index contributed by atoms with van der Waals surface area (Å²) in [5.41, 5.74) is 4.14. The lowest BCUT2D eigenvalue weighted by molar-refractivity contribution is 0.558. The first-order valence-electron chi connectivity index (χ1n) is 7.32. The van der Waals surface area contributed by atoms with E-state index in [0.717, 1.165) is 6.42 Å². The Hall–Kier alpha value is -2.08. The van der Waals surface area contributed by atoms with Crippen molar-refractivity contribution in [3.05, 3.63) is 83.9 Å². The molecule has 3 rings (SSSR count). The van der Waals surface area contributed by atoms with Crippen LogP contribution in [0.3, 0.4) is 0 Å². The molecular formula is C20H20. The molecule has 0 amide bonds. The van der Waals surface area contributed by atoms with Gasteiger partial charge in [-0.3, -0.25) is 0 Å². The van der Waals surface area contributed by atoms with E-state index in [2.05, 4.69) is 85.8 Å². The van der Waals surface area contributed by atoms with E-state index < -0.39 is 0 Å². The fraction of sp³-hybridized carbons (Fsp3) is 0.200. The van der Waals surface area contributed by atoms with E-state index in [1.807, 2.05) is 0 Å². The summed E-state index contributed by atoms with van der Waals surface area (Å²) in [4.78, 5) is 0. The highest BCUT2D eigenvalue weighted by molar-refractivity contribution is 5.68. The molecular weight excluding hydrogens is 240 g/mol. The van der Waals surface area contributed by atoms with E-state index in [0.29, 0.717) is 11.8 Å². The molecule has 2 aromatic carbocycles. The van der Waals surface area contributed by atoms with E-state index in [4.69, 9.17) is 0 Å². The van der Waals surface area contributed by atoms with Crippen molar-refractivity contribution in [1.82, 2.24) is 0 Å². The summed E-state index contributed by atoms with van der Waals surface area (Å²) >= 11 is 0. The van der Waals surface area contributed by atoms with Gasteiger partial charge in [-0.25, -0.2) is 0 Å². The van der Waals surface area contributed by atoms with Crippen LogP contribution in [0.15, 0.2) is 72.8 Å². The van der Waals surface area contributed by atoms with Crippen LogP contribution in [0.1, 0.15) is 24.5 Å². The van der Waals surface area contributed by atoms with Crippen LogP contribution in [-0.4, -0.2) is 0 Å². The predicted molar refractivity (Wildman–Crippen MR) is 87.2 cm³/mol. The molecule has 0 aliphatic heterocycles. The molecule has 0 spiro atoms. The van der Waals surface area contributed by atoms with E-state index in [1.54, 1.807) is 0 Å². The van der Waals surface area contributed by atoms with Crippen LogP contribution < -0.4 is 0 Å². The van der Waals surface area contributed by atoms with Crippen LogP contribution in [0.5, 0.6) is 0 Å². The molecule has 0 fully saturated rings. The second-order valence-corrected chi connectivity index (χ2v) is 5.55. The lowest BCUT2D eigenvalue weighted by Crippen LogP contribution is -1.99. The number of hydrogen-bond donors (Lipinski definition) is 0. The largest absolute Gasteiger partial charge is 0.0799 e. The molecule has 0 bridgehead atoms. The minimum Gasteiger partial charge on any atom is -0.0799 e. The molecule has 1 aliphatic carbocycles. The van der Waals surface area contributed by atoms with Crippen molar-refractivity contribution in [1.29, 1.82) is 0 Å². The van der Waals surface area contributed by atoms with Crippen LogP contribution >= 0.6 is 0 Å². The van der Waals surface area contributed by atoms with E-state index in [9.17, 15) is 0 Å². The van der Waals surface area contributed by atoms with Crippen LogP contribution in [0, 0.1) is 11.8 Å². The second-order valence-electron chi connectivity index (χ2n) is 5.55. The summed E-state index contributed by atoms with van der Waals surface area (Å²) in [7, 11) is 0. The topological polar surface area (TPSA) is 0 Å². The maximum absolute atomic E-state index is 2.43. The highest BCUT2D eigenvalue weighted by Crippen LogP contribution is 2.37. The van der Waals surface area contributed by atoms with Gasteiger partial charge in [-0.1, -0.05) is 85.8 Å². The van der Waals surface area contributed by atoms with Gasteiger partial charge < -0.3 is 0 Å². The van der Waals surface area contributed by atoms with Gasteiger partial charge in [0.1, 0.15) is 0 Å². The van der Waals surface area contributed by atoms with Crippen molar-refractivity contribution in [3.63, 3.8) is 0 Å². The van der Waals surface area contributed by atoms with Gasteiger partial charge in [-0.2, -0.15) is 0 Å². The maximum Gasteiger partial charge on any atom is -0.0129 e. The Morgan fingerprint density at radius 2 is 1.55 bits per heavy atom. The summed E-state index contributed by atoms with van der Waals surface area (Å²) < 4.78 is 0. The third kappa shape index (κ3) is 2.91. The minimum absolute atomic E-state index is 0.616. The van der Waals surface area contributed by atoms with Crippen LogP contribution in [0.2, 0.25) is 0 Å². The molecule has 2 atom stereocenters. The smallest absolute Gasteiger partial charge is 0.0129 e. The second kappa shape index (κ2) is 5.92. The molecule has 0 unspecified atom stereocenters. The first kappa shape index (κ1) is 12.9. The van der Waals surface area contributed by atoms with Gasteiger partial charge >= 0.3 is 0 Å². The summed E-state index contributed by atoms with van der Waals surface area (Å²) in [6, 6.07) is 21.3. The Kier molecular flexibility index (Phi) is 3.83. The van der Waals surface area contributed by atoms with Gasteiger partial charge in [-0.05, 0) is 35.0 Å². The third-order valence-corrected chi connectivity index (χ3v) is 4.08. The SMILES string of the molecule is C[C@@H]1C=C(c2ccccc2)C[C@H]1/C=C/c1ccccc1. The van der Waals surface area contributed by atoms with Crippen molar-refractivity contribution < 1.29 is 0 Å². The van der Waals surface area contributed by atoms with E-state index in [1.165, 1.54) is 16.7 Å². The van der Waals surface area contributed by atoms with Gasteiger partial charge in [0.15, 0.2) is 0 Å². The van der Waals surface area contributed by atoms with Gasteiger partial charge in [-0.15, -0.1) is 0 Å². The third-order valence-electron chi connectivity index (χ3n) is 4.08. The van der Waals surface area contributed by atoms with Gasteiger partial charge in [0.25, 0.3) is 0 Å². The molecule has 0 aromatic heterocycles. The molecule has 0 saturated carbocycles. The predicted octanol–water partition coefficient (Wildman–Crippen LogP) is 5.44. The van der Waals surface area contributed by atoms with Crippen LogP contribution in [0.4, 0.5) is 0 Å². The summed E-state index contributed by atoms with van der Waals surface area (Å²) in [5.74, 6) is 1.23. The molecule has 2 aromatic rings. The van der Waals surface area contributed by atoms with Crippen molar-refractivity contribution in [3.8, 4) is 0 Å². The van der Waals surface area contributed by atoms with Gasteiger partial charge in [0.2, 0.25) is 0 Å². The molecule has 0 N–H and O–H groups in total. The fourth-order valence-electron chi connectivity index (χ4n) is 2.86. The molecule has 0 nitrogen and oxygen atoms in total. The first-order chi connectivity index (χ1) is 9.83. The lowest BCUT2D eigenvalue weighted by atomic mass is 9.95. The maximum atomic E-state index is 2.43. The fourth-order valence-corrected chi connectivity index (χ4v) is 2.86. The molecule has 1 aliphatic rings. The summed E-state index contributed by atoms with van der Waals surface area (Å²) in [6.45, 7) is 2.32. The monoisotopic (exact) mass is 260 g/mol. The van der Waals surface area contributed by atoms with Crippen LogP contribution in [0.25, 0.3) is 11.6 Å². The minimum atomic E-state index is 0.616. The Bertz CT molecular complexity index is 605. The number of benzene rings is 2. The molecule has 0 heterocycles. The van der Waals surface area contributed by atoms with Crippen molar-refractivity contribution in [2.75, 3.05) is 0 Å². The Balaban J connectivity index is 1.71. The Labute approximate surface area is 121 Å². The Morgan fingerprint density at radius 3 is 2.25 bits per heavy atom. The molecule has 0 heteroatoms. The summed E-state index contributed by atoms with van der Waals surface area (Å²) in [6.07, 6.45) is 8.19. The Morgan fingerprint density at radius 1 is 0.900 bits per heavy atom. The standard InChI is InChI=1S/C20H20/c1-16-14-20(18-10-6-3-7-11-18)15-19(16)13-12-17-8-4-2-5-9-17/h2-14,16,19H,15H2,1H3/b13-12+/t16-,19-/m1/s1. The highest BCUT2D eigenvalue weighted by atomic mass is 14.3. The number of allylic oxidation sites excluding steroid dienone is 3. The average molecular weight is 260 g/mol. The molecule has 100 valence electrons. The van der Waals surface area contributed by atoms with Crippen molar-refractivity contribution in [2.24, 2.45) is 11.8 Å². The normalized spacial score (nSPS) is 22.1. The molecule has 0 saturated heterocycles. The van der Waals surface area contributed by atoms with Gasteiger partial charge in [0.05, 0.1) is 0 Å². The van der Waals surface area contributed by atoms with Crippen LogP contribution in [-0.2, 0) is 0 Å². The lowest BCUT2D eigenvalue weighted by Gasteiger charge is -2.10. The zero-order chi connectivity index (χ0) is 13.8. The van der Waals surface area contributed by atoms with Crippen molar-refractivity contribution >= 4 is 11.6 Å². The quantitative estimate of drug-likeness (QED) is 0.689. The highest BCUT2D eigenvalue weighted by Gasteiger charge is 2.22.